The highest BCUT2D eigenvalue weighted by Crippen LogP contribution is 2.46. The Hall–Kier alpha value is -4.30. The molecule has 2 aromatic carbocycles. The summed E-state index contributed by atoms with van der Waals surface area (Å²) < 4.78 is 58.7. The molecule has 2 unspecified atom stereocenters. The Labute approximate surface area is 251 Å². The SMILES string of the molecule is C#Cc1c(F)ccc2cc(O)cc(-c3nc4c5c(nc(OC[C@@]67CCCN6C[C@H](F)C7)nc5c3F)N(C)CC3CCC3O4)c12. The Bertz CT molecular complexity index is 1900. The number of phenolic OH excluding ortho intramolecular Hbond substituents is 1. The van der Waals surface area contributed by atoms with Crippen LogP contribution in [-0.4, -0.2) is 76.1 Å². The second kappa shape index (κ2) is 9.86. The van der Waals surface area contributed by atoms with Crippen molar-refractivity contribution < 1.29 is 27.8 Å². The van der Waals surface area contributed by atoms with Crippen molar-refractivity contribution in [2.75, 3.05) is 38.2 Å². The number of hydrogen-bond acceptors (Lipinski definition) is 8. The van der Waals surface area contributed by atoms with Crippen LogP contribution in [0.2, 0.25) is 0 Å². The number of fused-ring (bicyclic) bond motifs is 3. The lowest BCUT2D eigenvalue weighted by Crippen LogP contribution is -2.45. The van der Waals surface area contributed by atoms with Crippen molar-refractivity contribution in [3.63, 3.8) is 0 Å². The molecule has 4 atom stereocenters. The van der Waals surface area contributed by atoms with Gasteiger partial charge in [-0.3, -0.25) is 4.90 Å². The van der Waals surface area contributed by atoms with Crippen molar-refractivity contribution in [1.82, 2.24) is 19.9 Å². The monoisotopic (exact) mass is 601 g/mol. The molecule has 1 aliphatic carbocycles. The molecular formula is C33H30F3N5O3. The van der Waals surface area contributed by atoms with E-state index in [1.807, 2.05) is 11.9 Å². The summed E-state index contributed by atoms with van der Waals surface area (Å²) in [7, 11) is 1.88. The Balaban J connectivity index is 1.34. The minimum Gasteiger partial charge on any atom is -0.508 e. The summed E-state index contributed by atoms with van der Waals surface area (Å²) in [5, 5.41) is 11.6. The number of rotatable bonds is 4. The predicted octanol–water partition coefficient (Wildman–Crippen LogP) is 5.37. The van der Waals surface area contributed by atoms with E-state index in [1.54, 1.807) is 0 Å². The number of halogens is 3. The van der Waals surface area contributed by atoms with Gasteiger partial charge >= 0.3 is 6.01 Å². The molecule has 0 radical (unpaired) electrons. The topological polar surface area (TPSA) is 83.8 Å². The molecule has 3 aliphatic heterocycles. The Morgan fingerprint density at radius 3 is 2.82 bits per heavy atom. The summed E-state index contributed by atoms with van der Waals surface area (Å²) in [6.07, 6.45) is 8.55. The first-order valence-corrected chi connectivity index (χ1v) is 15.0. The van der Waals surface area contributed by atoms with Crippen molar-refractivity contribution in [1.29, 1.82) is 0 Å². The highest BCUT2D eigenvalue weighted by atomic mass is 19.1. The van der Waals surface area contributed by atoms with Gasteiger partial charge in [0, 0.05) is 43.4 Å². The quantitative estimate of drug-likeness (QED) is 0.313. The van der Waals surface area contributed by atoms with Gasteiger partial charge in [0.05, 0.1) is 11.1 Å². The molecule has 2 saturated heterocycles. The third-order valence-electron chi connectivity index (χ3n) is 9.88. The Kier molecular flexibility index (Phi) is 6.11. The molecule has 0 amide bonds. The number of ether oxygens (including phenoxy) is 2. The van der Waals surface area contributed by atoms with E-state index in [2.05, 4.69) is 20.8 Å². The standard InChI is InChI=1S/C33H30F3N5O3/c1-3-21-23(35)7-5-17-11-20(42)12-22(25(17)21)28-27(36)29-26-30(40(2)14-18-6-8-24(18)44-31(26)37-28)39-32(38-29)43-16-33-9-4-10-41(33)15-19(34)13-33/h1,5,7,11-12,18-19,24,42H,4,6,8-10,13-16H2,2H3/t18?,19-,24?,33+/m1/s1. The van der Waals surface area contributed by atoms with E-state index in [0.717, 1.165) is 32.2 Å². The second-order valence-electron chi connectivity index (χ2n) is 12.5. The molecule has 3 fully saturated rings. The number of alkyl halides is 1. The molecule has 226 valence electrons. The molecule has 2 aromatic heterocycles. The van der Waals surface area contributed by atoms with Crippen LogP contribution in [0.4, 0.5) is 19.0 Å². The summed E-state index contributed by atoms with van der Waals surface area (Å²) in [5.74, 6) is 1.51. The molecule has 5 heterocycles. The van der Waals surface area contributed by atoms with Crippen LogP contribution in [0, 0.1) is 29.9 Å². The first kappa shape index (κ1) is 27.3. The maximum absolute atomic E-state index is 16.8. The first-order chi connectivity index (χ1) is 21.2. The van der Waals surface area contributed by atoms with E-state index in [0.29, 0.717) is 36.1 Å². The molecule has 0 spiro atoms. The molecular weight excluding hydrogens is 571 g/mol. The van der Waals surface area contributed by atoms with Crippen molar-refractivity contribution in [2.45, 2.75) is 49.9 Å². The van der Waals surface area contributed by atoms with Gasteiger partial charge in [-0.2, -0.15) is 9.97 Å². The maximum Gasteiger partial charge on any atom is 0.319 e. The van der Waals surface area contributed by atoms with Crippen LogP contribution in [0.15, 0.2) is 24.3 Å². The highest BCUT2D eigenvalue weighted by Gasteiger charge is 2.49. The lowest BCUT2D eigenvalue weighted by atomic mass is 9.81. The predicted molar refractivity (Wildman–Crippen MR) is 159 cm³/mol. The molecule has 1 saturated carbocycles. The summed E-state index contributed by atoms with van der Waals surface area (Å²) in [4.78, 5) is 18.0. The fraction of sp³-hybridized carbons (Fsp3) is 0.424. The number of hydrogen-bond donors (Lipinski definition) is 1. The average Bonchev–Trinajstić information content (AvgIpc) is 3.52. The molecule has 4 aliphatic rings. The third-order valence-corrected chi connectivity index (χ3v) is 9.88. The smallest absolute Gasteiger partial charge is 0.319 e. The van der Waals surface area contributed by atoms with Crippen LogP contribution < -0.4 is 14.4 Å². The number of nitrogens with zero attached hydrogens (tertiary/aromatic N) is 5. The lowest BCUT2D eigenvalue weighted by molar-refractivity contribution is 0.0471. The van der Waals surface area contributed by atoms with Gasteiger partial charge < -0.3 is 19.5 Å². The third kappa shape index (κ3) is 4.07. The molecule has 1 N–H and O–H groups in total. The number of aromatic nitrogens is 3. The van der Waals surface area contributed by atoms with E-state index < -0.39 is 23.3 Å². The van der Waals surface area contributed by atoms with Gasteiger partial charge in [0.15, 0.2) is 5.82 Å². The lowest BCUT2D eigenvalue weighted by Gasteiger charge is -2.41. The molecule has 4 aromatic rings. The normalized spacial score (nSPS) is 26.0. The van der Waals surface area contributed by atoms with Gasteiger partial charge in [-0.15, -0.1) is 6.42 Å². The number of pyridine rings is 1. The minimum atomic E-state index is -0.924. The van der Waals surface area contributed by atoms with Crippen LogP contribution in [0.25, 0.3) is 32.9 Å². The number of anilines is 1. The van der Waals surface area contributed by atoms with Crippen LogP contribution in [0.5, 0.6) is 17.6 Å². The highest BCUT2D eigenvalue weighted by molar-refractivity contribution is 6.04. The summed E-state index contributed by atoms with van der Waals surface area (Å²) in [6, 6.07) is 5.40. The molecule has 8 rings (SSSR count). The van der Waals surface area contributed by atoms with Crippen molar-refractivity contribution in [3.05, 3.63) is 41.5 Å². The van der Waals surface area contributed by atoms with E-state index in [9.17, 15) is 13.9 Å². The van der Waals surface area contributed by atoms with Crippen molar-refractivity contribution >= 4 is 27.5 Å². The zero-order valence-electron chi connectivity index (χ0n) is 24.1. The fourth-order valence-corrected chi connectivity index (χ4v) is 7.59. The minimum absolute atomic E-state index is 0.0354. The van der Waals surface area contributed by atoms with Crippen LogP contribution in [0.3, 0.4) is 0 Å². The van der Waals surface area contributed by atoms with Crippen LogP contribution >= 0.6 is 0 Å². The van der Waals surface area contributed by atoms with E-state index in [1.165, 1.54) is 24.3 Å². The number of terminal acetylenes is 1. The van der Waals surface area contributed by atoms with Crippen LogP contribution in [0.1, 0.15) is 37.7 Å². The second-order valence-corrected chi connectivity index (χ2v) is 12.5. The van der Waals surface area contributed by atoms with Crippen LogP contribution in [-0.2, 0) is 0 Å². The fourth-order valence-electron chi connectivity index (χ4n) is 7.59. The zero-order valence-corrected chi connectivity index (χ0v) is 24.1. The van der Waals surface area contributed by atoms with E-state index in [-0.39, 0.29) is 64.0 Å². The van der Waals surface area contributed by atoms with Gasteiger partial charge in [-0.1, -0.05) is 12.0 Å². The molecule has 44 heavy (non-hydrogen) atoms. The maximum atomic E-state index is 16.8. The van der Waals surface area contributed by atoms with Gasteiger partial charge in [0.1, 0.15) is 52.9 Å². The van der Waals surface area contributed by atoms with Gasteiger partial charge in [0.25, 0.3) is 0 Å². The molecule has 11 heteroatoms. The van der Waals surface area contributed by atoms with E-state index >= 15 is 4.39 Å². The number of benzene rings is 2. The van der Waals surface area contributed by atoms with Crippen molar-refractivity contribution in [2.24, 2.45) is 5.92 Å². The summed E-state index contributed by atoms with van der Waals surface area (Å²) in [5.41, 5.74) is -0.685. The summed E-state index contributed by atoms with van der Waals surface area (Å²) in [6.45, 7) is 2.00. The van der Waals surface area contributed by atoms with E-state index in [4.69, 9.17) is 20.9 Å². The van der Waals surface area contributed by atoms with Gasteiger partial charge in [0.2, 0.25) is 5.88 Å². The Morgan fingerprint density at radius 2 is 2.02 bits per heavy atom. The van der Waals surface area contributed by atoms with Gasteiger partial charge in [-0.25, -0.2) is 18.2 Å². The molecule has 0 bridgehead atoms. The van der Waals surface area contributed by atoms with Gasteiger partial charge in [-0.05, 0) is 55.8 Å². The first-order valence-electron chi connectivity index (χ1n) is 15.0. The number of phenols is 1. The molecule has 8 nitrogen and oxygen atoms in total. The zero-order chi connectivity index (χ0) is 30.3. The Morgan fingerprint density at radius 1 is 1.16 bits per heavy atom. The largest absolute Gasteiger partial charge is 0.508 e. The number of aromatic hydroxyl groups is 1. The van der Waals surface area contributed by atoms with Crippen molar-refractivity contribution in [3.8, 4) is 41.2 Å². The average molecular weight is 602 g/mol. The summed E-state index contributed by atoms with van der Waals surface area (Å²) >= 11 is 0.